The number of carbonyl (C=O) groups is 1. The highest BCUT2D eigenvalue weighted by atomic mass is 19.1. The maximum absolute atomic E-state index is 13.1. The van der Waals surface area contributed by atoms with Crippen LogP contribution in [0.2, 0.25) is 0 Å². The molecule has 15 heavy (non-hydrogen) atoms. The van der Waals surface area contributed by atoms with Gasteiger partial charge in [0.2, 0.25) is 5.95 Å². The topological polar surface area (TPSA) is 42.0 Å². The zero-order valence-corrected chi connectivity index (χ0v) is 8.53. The fourth-order valence-corrected chi connectivity index (χ4v) is 1.55. The van der Waals surface area contributed by atoms with Gasteiger partial charge in [-0.1, -0.05) is 0 Å². The minimum atomic E-state index is -0.710. The molecule has 1 amide bonds. The molecule has 1 aliphatic rings. The molecule has 1 aliphatic carbocycles. The summed E-state index contributed by atoms with van der Waals surface area (Å²) in [7, 11) is 0. The van der Waals surface area contributed by atoms with Crippen LogP contribution in [0.25, 0.3) is 0 Å². The van der Waals surface area contributed by atoms with Gasteiger partial charge in [-0.25, -0.2) is 4.98 Å². The average Bonchev–Trinajstić information content (AvgIpc) is 3.01. The fraction of sp³-hybridized carbons (Fsp3) is 0.455. The van der Waals surface area contributed by atoms with Crippen molar-refractivity contribution in [2.45, 2.75) is 25.8 Å². The van der Waals surface area contributed by atoms with E-state index in [4.69, 9.17) is 0 Å². The summed E-state index contributed by atoms with van der Waals surface area (Å²) in [6, 6.07) is 3.12. The highest BCUT2D eigenvalue weighted by Gasteiger charge is 2.29. The molecule has 0 aliphatic heterocycles. The molecule has 2 rings (SSSR count). The van der Waals surface area contributed by atoms with E-state index in [-0.39, 0.29) is 17.5 Å². The highest BCUT2D eigenvalue weighted by molar-refractivity contribution is 5.94. The summed E-state index contributed by atoms with van der Waals surface area (Å²) in [6.45, 7) is 1.95. The van der Waals surface area contributed by atoms with Crippen molar-refractivity contribution in [1.82, 2.24) is 10.3 Å². The SMILES string of the molecule is CC(NC(=O)c1cccnc1F)C1CC1. The van der Waals surface area contributed by atoms with Crippen LogP contribution in [0.4, 0.5) is 4.39 Å². The third-order valence-electron chi connectivity index (χ3n) is 2.69. The van der Waals surface area contributed by atoms with Crippen LogP contribution < -0.4 is 5.32 Å². The van der Waals surface area contributed by atoms with Crippen LogP contribution in [0.1, 0.15) is 30.1 Å². The number of pyridine rings is 1. The molecule has 1 saturated carbocycles. The molecule has 4 heteroatoms. The molecule has 1 fully saturated rings. The van der Waals surface area contributed by atoms with E-state index in [0.29, 0.717) is 5.92 Å². The molecule has 1 heterocycles. The van der Waals surface area contributed by atoms with Crippen LogP contribution in [-0.2, 0) is 0 Å². The predicted molar refractivity (Wildman–Crippen MR) is 53.8 cm³/mol. The number of halogens is 1. The standard InChI is InChI=1S/C11H13FN2O/c1-7(8-4-5-8)14-11(15)9-3-2-6-13-10(9)12/h2-3,6-8H,4-5H2,1H3,(H,14,15). The van der Waals surface area contributed by atoms with Crippen molar-refractivity contribution < 1.29 is 9.18 Å². The second kappa shape index (κ2) is 3.96. The number of nitrogens with zero attached hydrogens (tertiary/aromatic N) is 1. The zero-order chi connectivity index (χ0) is 10.8. The van der Waals surface area contributed by atoms with Crippen molar-refractivity contribution in [3.05, 3.63) is 29.8 Å². The van der Waals surface area contributed by atoms with Crippen molar-refractivity contribution in [2.24, 2.45) is 5.92 Å². The first-order valence-corrected chi connectivity index (χ1v) is 5.10. The number of rotatable bonds is 3. The molecule has 1 atom stereocenters. The van der Waals surface area contributed by atoms with Crippen molar-refractivity contribution in [1.29, 1.82) is 0 Å². The molecular weight excluding hydrogens is 195 g/mol. The van der Waals surface area contributed by atoms with Gasteiger partial charge in [-0.15, -0.1) is 0 Å². The molecule has 0 spiro atoms. The van der Waals surface area contributed by atoms with Crippen LogP contribution in [0.5, 0.6) is 0 Å². The van der Waals surface area contributed by atoms with Gasteiger partial charge in [-0.2, -0.15) is 4.39 Å². The van der Waals surface area contributed by atoms with Gasteiger partial charge in [-0.05, 0) is 37.8 Å². The Balaban J connectivity index is 2.04. The summed E-state index contributed by atoms with van der Waals surface area (Å²) >= 11 is 0. The van der Waals surface area contributed by atoms with Gasteiger partial charge < -0.3 is 5.32 Å². The molecule has 1 aromatic rings. The lowest BCUT2D eigenvalue weighted by Gasteiger charge is -2.12. The Labute approximate surface area is 87.7 Å². The van der Waals surface area contributed by atoms with E-state index in [1.807, 2.05) is 6.92 Å². The van der Waals surface area contributed by atoms with Crippen molar-refractivity contribution >= 4 is 5.91 Å². The smallest absolute Gasteiger partial charge is 0.256 e. The normalized spacial score (nSPS) is 17.2. The average molecular weight is 208 g/mol. The number of hydrogen-bond acceptors (Lipinski definition) is 2. The van der Waals surface area contributed by atoms with E-state index in [2.05, 4.69) is 10.3 Å². The Hall–Kier alpha value is -1.45. The summed E-state index contributed by atoms with van der Waals surface area (Å²) in [4.78, 5) is 15.1. The maximum Gasteiger partial charge on any atom is 0.256 e. The van der Waals surface area contributed by atoms with E-state index in [9.17, 15) is 9.18 Å². The molecular formula is C11H13FN2O. The van der Waals surface area contributed by atoms with Crippen LogP contribution >= 0.6 is 0 Å². The quantitative estimate of drug-likeness (QED) is 0.769. The lowest BCUT2D eigenvalue weighted by Crippen LogP contribution is -2.34. The third kappa shape index (κ3) is 2.32. The van der Waals surface area contributed by atoms with E-state index in [0.717, 1.165) is 12.8 Å². The number of nitrogens with one attached hydrogen (secondary N) is 1. The van der Waals surface area contributed by atoms with Crippen LogP contribution in [0.3, 0.4) is 0 Å². The van der Waals surface area contributed by atoms with Crippen molar-refractivity contribution in [2.75, 3.05) is 0 Å². The zero-order valence-electron chi connectivity index (χ0n) is 8.53. The Morgan fingerprint density at radius 2 is 2.40 bits per heavy atom. The minimum absolute atomic E-state index is 0.0185. The Morgan fingerprint density at radius 1 is 1.67 bits per heavy atom. The van der Waals surface area contributed by atoms with Gasteiger partial charge in [0.05, 0.1) is 5.56 Å². The van der Waals surface area contributed by atoms with Crippen molar-refractivity contribution in [3.8, 4) is 0 Å². The largest absolute Gasteiger partial charge is 0.349 e. The maximum atomic E-state index is 13.1. The lowest BCUT2D eigenvalue weighted by molar-refractivity contribution is 0.0931. The van der Waals surface area contributed by atoms with Crippen molar-refractivity contribution in [3.63, 3.8) is 0 Å². The Kier molecular flexibility index (Phi) is 2.66. The summed E-state index contributed by atoms with van der Waals surface area (Å²) in [5, 5.41) is 2.78. The summed E-state index contributed by atoms with van der Waals surface area (Å²) in [5.41, 5.74) is 0.0185. The summed E-state index contributed by atoms with van der Waals surface area (Å²) in [5.74, 6) is -0.522. The van der Waals surface area contributed by atoms with Crippen LogP contribution in [0, 0.1) is 11.9 Å². The number of hydrogen-bond donors (Lipinski definition) is 1. The molecule has 3 nitrogen and oxygen atoms in total. The number of aromatic nitrogens is 1. The first kappa shape index (κ1) is 10.1. The summed E-state index contributed by atoms with van der Waals surface area (Å²) < 4.78 is 13.1. The van der Waals surface area contributed by atoms with Crippen LogP contribution in [-0.4, -0.2) is 16.9 Å². The second-order valence-electron chi connectivity index (χ2n) is 3.94. The molecule has 1 N–H and O–H groups in total. The van der Waals surface area contributed by atoms with Gasteiger partial charge in [-0.3, -0.25) is 4.79 Å². The first-order chi connectivity index (χ1) is 7.18. The number of amides is 1. The van der Waals surface area contributed by atoms with E-state index >= 15 is 0 Å². The molecule has 80 valence electrons. The van der Waals surface area contributed by atoms with E-state index < -0.39 is 5.95 Å². The van der Waals surface area contributed by atoms with Gasteiger partial charge in [0, 0.05) is 12.2 Å². The van der Waals surface area contributed by atoms with Gasteiger partial charge in [0.1, 0.15) is 0 Å². The Bertz CT molecular complexity index is 377. The first-order valence-electron chi connectivity index (χ1n) is 5.10. The molecule has 1 aromatic heterocycles. The van der Waals surface area contributed by atoms with Gasteiger partial charge >= 0.3 is 0 Å². The van der Waals surface area contributed by atoms with E-state index in [1.54, 1.807) is 6.07 Å². The van der Waals surface area contributed by atoms with Gasteiger partial charge in [0.25, 0.3) is 5.91 Å². The summed E-state index contributed by atoms with van der Waals surface area (Å²) in [6.07, 6.45) is 3.63. The monoisotopic (exact) mass is 208 g/mol. The molecule has 1 unspecified atom stereocenters. The molecule has 0 aromatic carbocycles. The molecule has 0 bridgehead atoms. The van der Waals surface area contributed by atoms with E-state index in [1.165, 1.54) is 12.3 Å². The Morgan fingerprint density at radius 3 is 3.00 bits per heavy atom. The lowest BCUT2D eigenvalue weighted by atomic mass is 10.2. The van der Waals surface area contributed by atoms with Gasteiger partial charge in [0.15, 0.2) is 0 Å². The fourth-order valence-electron chi connectivity index (χ4n) is 1.55. The molecule has 0 radical (unpaired) electrons. The van der Waals surface area contributed by atoms with Crippen LogP contribution in [0.15, 0.2) is 18.3 Å². The number of carbonyl (C=O) groups excluding carboxylic acids is 1. The minimum Gasteiger partial charge on any atom is -0.349 e. The molecule has 0 saturated heterocycles. The highest BCUT2D eigenvalue weighted by Crippen LogP contribution is 2.32. The second-order valence-corrected chi connectivity index (χ2v) is 3.94. The third-order valence-corrected chi connectivity index (χ3v) is 2.69. The predicted octanol–water partition coefficient (Wildman–Crippen LogP) is 1.75.